The van der Waals surface area contributed by atoms with Gasteiger partial charge in [0.25, 0.3) is 0 Å². The molecule has 0 aromatic carbocycles. The molecule has 0 amide bonds. The van der Waals surface area contributed by atoms with E-state index >= 15 is 0 Å². The van der Waals surface area contributed by atoms with Gasteiger partial charge in [0.05, 0.1) is 12.3 Å². The summed E-state index contributed by atoms with van der Waals surface area (Å²) in [5.41, 5.74) is 1.32. The maximum absolute atomic E-state index is 9.99. The number of guanidine groups is 1. The van der Waals surface area contributed by atoms with Gasteiger partial charge in [-0.1, -0.05) is 6.42 Å². The molecule has 1 aliphatic carbocycles. The Labute approximate surface area is 145 Å². The van der Waals surface area contributed by atoms with Crippen LogP contribution in [0.25, 0.3) is 0 Å². The number of aliphatic imine (C=N–C) groups is 1. The van der Waals surface area contributed by atoms with Crippen LogP contribution in [0.3, 0.4) is 0 Å². The van der Waals surface area contributed by atoms with E-state index in [1.165, 1.54) is 12.0 Å². The number of likely N-dealkylation sites (tertiary alicyclic amines) is 1. The first-order valence-electron chi connectivity index (χ1n) is 9.34. The van der Waals surface area contributed by atoms with Crippen LogP contribution in [0.1, 0.15) is 38.2 Å². The van der Waals surface area contributed by atoms with E-state index in [0.717, 1.165) is 57.8 Å². The van der Waals surface area contributed by atoms with Gasteiger partial charge in [-0.2, -0.15) is 5.10 Å². The second kappa shape index (κ2) is 8.01. The van der Waals surface area contributed by atoms with E-state index in [-0.39, 0.29) is 6.10 Å². The third-order valence-electron chi connectivity index (χ3n) is 5.30. The van der Waals surface area contributed by atoms with E-state index in [1.54, 1.807) is 0 Å². The Morgan fingerprint density at radius 2 is 2.29 bits per heavy atom. The largest absolute Gasteiger partial charge is 0.393 e. The molecule has 1 saturated carbocycles. The van der Waals surface area contributed by atoms with Crippen LogP contribution in [-0.2, 0) is 13.5 Å². The Bertz CT molecular complexity index is 555. The molecule has 0 radical (unpaired) electrons. The molecule has 3 rings (SSSR count). The Morgan fingerprint density at radius 1 is 1.42 bits per heavy atom. The van der Waals surface area contributed by atoms with E-state index in [1.807, 2.05) is 17.9 Å². The van der Waals surface area contributed by atoms with E-state index < -0.39 is 0 Å². The molecule has 24 heavy (non-hydrogen) atoms. The third-order valence-corrected chi connectivity index (χ3v) is 5.30. The van der Waals surface area contributed by atoms with Crippen LogP contribution >= 0.6 is 0 Å². The molecule has 2 heterocycles. The van der Waals surface area contributed by atoms with Crippen molar-refractivity contribution in [2.75, 3.05) is 26.2 Å². The maximum Gasteiger partial charge on any atom is 0.193 e. The molecular formula is C18H31N5O. The lowest BCUT2D eigenvalue weighted by Crippen LogP contribution is -2.40. The zero-order chi connectivity index (χ0) is 16.9. The average molecular weight is 333 g/mol. The van der Waals surface area contributed by atoms with Gasteiger partial charge < -0.3 is 15.3 Å². The number of aliphatic hydroxyl groups excluding tert-OH is 1. The molecule has 2 N–H and O–H groups in total. The van der Waals surface area contributed by atoms with Crippen molar-refractivity contribution in [2.45, 2.75) is 45.1 Å². The molecule has 1 aromatic rings. The Morgan fingerprint density at radius 3 is 2.96 bits per heavy atom. The summed E-state index contributed by atoms with van der Waals surface area (Å²) in [6.07, 6.45) is 9.40. The standard InChI is InChI=1S/C18H31N5O/c1-3-19-18(20-11-16-5-4-6-17(16)24)23-8-7-14(13-23)9-15-10-21-22(2)12-15/h10,12,14,16-17,24H,3-9,11,13H2,1-2H3,(H,19,20). The van der Waals surface area contributed by atoms with E-state index in [9.17, 15) is 5.11 Å². The third kappa shape index (κ3) is 4.29. The summed E-state index contributed by atoms with van der Waals surface area (Å²) in [5.74, 6) is 2.02. The minimum absolute atomic E-state index is 0.159. The zero-order valence-electron chi connectivity index (χ0n) is 15.0. The summed E-state index contributed by atoms with van der Waals surface area (Å²) < 4.78 is 1.88. The number of hydrogen-bond donors (Lipinski definition) is 2. The van der Waals surface area contributed by atoms with Crippen LogP contribution in [0.15, 0.2) is 17.4 Å². The van der Waals surface area contributed by atoms with Gasteiger partial charge >= 0.3 is 0 Å². The van der Waals surface area contributed by atoms with E-state index in [4.69, 9.17) is 4.99 Å². The summed E-state index contributed by atoms with van der Waals surface area (Å²) in [7, 11) is 1.97. The Kier molecular flexibility index (Phi) is 5.76. The number of rotatable bonds is 5. The highest BCUT2D eigenvalue weighted by Crippen LogP contribution is 2.26. The molecule has 1 aliphatic heterocycles. The second-order valence-electron chi connectivity index (χ2n) is 7.28. The van der Waals surface area contributed by atoms with Crippen LogP contribution in [0.4, 0.5) is 0 Å². The highest BCUT2D eigenvalue weighted by molar-refractivity contribution is 5.80. The summed E-state index contributed by atoms with van der Waals surface area (Å²) in [6, 6.07) is 0. The SMILES string of the molecule is CCNC(=NCC1CCCC1O)N1CCC(Cc2cnn(C)c2)C1. The monoisotopic (exact) mass is 333 g/mol. The van der Waals surface area contributed by atoms with Crippen molar-refractivity contribution in [1.82, 2.24) is 20.0 Å². The van der Waals surface area contributed by atoms with Gasteiger partial charge in [-0.3, -0.25) is 9.67 Å². The zero-order valence-corrected chi connectivity index (χ0v) is 15.0. The molecule has 134 valence electrons. The van der Waals surface area contributed by atoms with Crippen molar-refractivity contribution in [2.24, 2.45) is 23.9 Å². The van der Waals surface area contributed by atoms with Crippen molar-refractivity contribution in [3.8, 4) is 0 Å². The minimum Gasteiger partial charge on any atom is -0.393 e. The molecule has 3 unspecified atom stereocenters. The van der Waals surface area contributed by atoms with Crippen LogP contribution in [-0.4, -0.2) is 58.0 Å². The molecule has 0 spiro atoms. The lowest BCUT2D eigenvalue weighted by molar-refractivity contribution is 0.136. The van der Waals surface area contributed by atoms with Crippen molar-refractivity contribution in [1.29, 1.82) is 0 Å². The van der Waals surface area contributed by atoms with Crippen LogP contribution in [0.2, 0.25) is 0 Å². The molecule has 6 nitrogen and oxygen atoms in total. The van der Waals surface area contributed by atoms with Gasteiger partial charge in [-0.25, -0.2) is 0 Å². The number of nitrogens with one attached hydrogen (secondary N) is 1. The normalized spacial score (nSPS) is 27.9. The van der Waals surface area contributed by atoms with Crippen LogP contribution in [0.5, 0.6) is 0 Å². The van der Waals surface area contributed by atoms with Gasteiger partial charge in [0, 0.05) is 45.3 Å². The number of hydrogen-bond acceptors (Lipinski definition) is 3. The van der Waals surface area contributed by atoms with Crippen LogP contribution < -0.4 is 5.32 Å². The summed E-state index contributed by atoms with van der Waals surface area (Å²) in [6.45, 7) is 5.85. The van der Waals surface area contributed by atoms with E-state index in [0.29, 0.717) is 11.8 Å². The molecule has 2 aliphatic rings. The number of nitrogens with zero attached hydrogens (tertiary/aromatic N) is 4. The van der Waals surface area contributed by atoms with Crippen molar-refractivity contribution < 1.29 is 5.11 Å². The van der Waals surface area contributed by atoms with Gasteiger partial charge in [0.15, 0.2) is 5.96 Å². The molecule has 1 saturated heterocycles. The number of aromatic nitrogens is 2. The predicted octanol–water partition coefficient (Wildman–Crippen LogP) is 1.41. The molecular weight excluding hydrogens is 302 g/mol. The molecule has 6 heteroatoms. The summed E-state index contributed by atoms with van der Waals surface area (Å²) in [4.78, 5) is 7.21. The van der Waals surface area contributed by atoms with Crippen molar-refractivity contribution >= 4 is 5.96 Å². The van der Waals surface area contributed by atoms with Gasteiger partial charge in [0.1, 0.15) is 0 Å². The minimum atomic E-state index is -0.159. The fourth-order valence-electron chi connectivity index (χ4n) is 3.96. The first-order chi connectivity index (χ1) is 11.7. The fraction of sp³-hybridized carbons (Fsp3) is 0.778. The quantitative estimate of drug-likeness (QED) is 0.632. The van der Waals surface area contributed by atoms with Gasteiger partial charge in [0.2, 0.25) is 0 Å². The van der Waals surface area contributed by atoms with E-state index in [2.05, 4.69) is 28.4 Å². The molecule has 1 aromatic heterocycles. The van der Waals surface area contributed by atoms with Gasteiger partial charge in [-0.05, 0) is 44.1 Å². The highest BCUT2D eigenvalue weighted by atomic mass is 16.3. The highest BCUT2D eigenvalue weighted by Gasteiger charge is 2.27. The van der Waals surface area contributed by atoms with Crippen LogP contribution in [0, 0.1) is 11.8 Å². The lowest BCUT2D eigenvalue weighted by Gasteiger charge is -2.22. The average Bonchev–Trinajstić information content (AvgIpc) is 3.27. The smallest absolute Gasteiger partial charge is 0.193 e. The molecule has 2 fully saturated rings. The Hall–Kier alpha value is -1.56. The predicted molar refractivity (Wildman–Crippen MR) is 95.9 cm³/mol. The topological polar surface area (TPSA) is 65.7 Å². The van der Waals surface area contributed by atoms with Crippen molar-refractivity contribution in [3.05, 3.63) is 18.0 Å². The van der Waals surface area contributed by atoms with Gasteiger partial charge in [-0.15, -0.1) is 0 Å². The molecule has 0 bridgehead atoms. The first-order valence-corrected chi connectivity index (χ1v) is 9.34. The second-order valence-corrected chi connectivity index (χ2v) is 7.28. The summed E-state index contributed by atoms with van der Waals surface area (Å²) >= 11 is 0. The fourth-order valence-corrected chi connectivity index (χ4v) is 3.96. The Balaban J connectivity index is 1.55. The number of aliphatic hydroxyl groups is 1. The summed E-state index contributed by atoms with van der Waals surface area (Å²) in [5, 5.41) is 17.7. The molecule has 3 atom stereocenters. The first kappa shape index (κ1) is 17.3. The lowest BCUT2D eigenvalue weighted by atomic mass is 10.0. The maximum atomic E-state index is 9.99. The van der Waals surface area contributed by atoms with Crippen molar-refractivity contribution in [3.63, 3.8) is 0 Å². The number of aryl methyl sites for hydroxylation is 1.